The standard InChI is InChI=1S/C20H24F3N3O2S/c1-28-16-10-9-14(13-24-16)25-19(27)18-15(20(21,22)23)7-3-4-8-17(29-18)26-11-5-2-6-12-26/h8-10,13H,2-7,11-12H2,1H3,(H,25,27). The van der Waals surface area contributed by atoms with Gasteiger partial charge < -0.3 is 15.0 Å². The number of allylic oxidation sites excluding steroid dienone is 2. The second kappa shape index (κ2) is 9.56. The second-order valence-electron chi connectivity index (χ2n) is 6.93. The van der Waals surface area contributed by atoms with Crippen molar-refractivity contribution in [3.8, 4) is 5.88 Å². The van der Waals surface area contributed by atoms with Crippen LogP contribution in [0.4, 0.5) is 18.9 Å². The Morgan fingerprint density at radius 3 is 2.59 bits per heavy atom. The Labute approximate surface area is 172 Å². The Balaban J connectivity index is 1.88. The first-order valence-corrected chi connectivity index (χ1v) is 10.4. The molecule has 1 saturated heterocycles. The number of amides is 1. The second-order valence-corrected chi connectivity index (χ2v) is 7.96. The summed E-state index contributed by atoms with van der Waals surface area (Å²) in [6.07, 6.45) is 2.65. The Morgan fingerprint density at radius 2 is 1.97 bits per heavy atom. The molecular formula is C20H24F3N3O2S. The average Bonchev–Trinajstić information content (AvgIpc) is 2.68. The van der Waals surface area contributed by atoms with Crippen LogP contribution < -0.4 is 10.1 Å². The molecule has 9 heteroatoms. The lowest BCUT2D eigenvalue weighted by Gasteiger charge is -2.32. The van der Waals surface area contributed by atoms with E-state index < -0.39 is 17.7 Å². The molecule has 0 aliphatic carbocycles. The van der Waals surface area contributed by atoms with Gasteiger partial charge in [0.25, 0.3) is 5.91 Å². The molecule has 158 valence electrons. The number of piperidine rings is 1. The van der Waals surface area contributed by atoms with Crippen LogP contribution in [0.3, 0.4) is 0 Å². The fraction of sp³-hybridized carbons (Fsp3) is 0.500. The molecule has 1 aromatic rings. The lowest BCUT2D eigenvalue weighted by atomic mass is 10.1. The third-order valence-corrected chi connectivity index (χ3v) is 6.12. The third kappa shape index (κ3) is 5.68. The molecule has 2 aliphatic rings. The molecule has 1 N–H and O–H groups in total. The van der Waals surface area contributed by atoms with Gasteiger partial charge in [-0.1, -0.05) is 17.8 Å². The Bertz CT molecular complexity index is 785. The van der Waals surface area contributed by atoms with E-state index in [1.807, 2.05) is 6.08 Å². The molecule has 0 spiro atoms. The highest BCUT2D eigenvalue weighted by molar-refractivity contribution is 8.07. The molecule has 0 bridgehead atoms. The van der Waals surface area contributed by atoms with Gasteiger partial charge in [-0.05, 0) is 44.6 Å². The lowest BCUT2D eigenvalue weighted by molar-refractivity contribution is -0.114. The number of halogens is 3. The van der Waals surface area contributed by atoms with Crippen molar-refractivity contribution in [2.45, 2.75) is 44.7 Å². The monoisotopic (exact) mass is 427 g/mol. The van der Waals surface area contributed by atoms with Crippen molar-refractivity contribution in [1.82, 2.24) is 9.88 Å². The number of ether oxygens (including phenoxy) is 1. The molecular weight excluding hydrogens is 403 g/mol. The first kappa shape index (κ1) is 21.5. The number of rotatable bonds is 4. The minimum atomic E-state index is -4.55. The number of aromatic nitrogens is 1. The normalized spacial score (nSPS) is 18.6. The molecule has 1 aromatic heterocycles. The van der Waals surface area contributed by atoms with Gasteiger partial charge in [-0.25, -0.2) is 4.98 Å². The number of carbonyl (C=O) groups is 1. The summed E-state index contributed by atoms with van der Waals surface area (Å²) in [5.74, 6) is -0.409. The van der Waals surface area contributed by atoms with Crippen LogP contribution in [0.5, 0.6) is 5.88 Å². The molecule has 3 heterocycles. The summed E-state index contributed by atoms with van der Waals surface area (Å²) in [4.78, 5) is 18.7. The zero-order valence-electron chi connectivity index (χ0n) is 16.2. The number of nitrogens with zero attached hydrogens (tertiary/aromatic N) is 2. The highest BCUT2D eigenvalue weighted by Gasteiger charge is 2.39. The summed E-state index contributed by atoms with van der Waals surface area (Å²) in [7, 11) is 1.46. The zero-order valence-corrected chi connectivity index (χ0v) is 17.0. The van der Waals surface area contributed by atoms with E-state index >= 15 is 0 Å². The van der Waals surface area contributed by atoms with Crippen molar-refractivity contribution in [2.24, 2.45) is 0 Å². The van der Waals surface area contributed by atoms with Crippen LogP contribution in [0.1, 0.15) is 38.5 Å². The Morgan fingerprint density at radius 1 is 1.21 bits per heavy atom. The maximum atomic E-state index is 13.8. The summed E-state index contributed by atoms with van der Waals surface area (Å²) < 4.78 is 46.2. The number of thioether (sulfide) groups is 1. The summed E-state index contributed by atoms with van der Waals surface area (Å²) in [6, 6.07) is 3.09. The SMILES string of the molecule is COc1ccc(NC(=O)C2=C(C(F)(F)F)CCCC=C(N3CCCCC3)S2)cn1. The van der Waals surface area contributed by atoms with Crippen LogP contribution in [-0.4, -0.2) is 42.2 Å². The summed E-state index contributed by atoms with van der Waals surface area (Å²) in [5.41, 5.74) is -0.444. The number of methoxy groups -OCH3 is 1. The van der Waals surface area contributed by atoms with E-state index in [2.05, 4.69) is 15.2 Å². The van der Waals surface area contributed by atoms with Gasteiger partial charge in [-0.3, -0.25) is 4.79 Å². The van der Waals surface area contributed by atoms with Gasteiger partial charge in [0, 0.05) is 19.2 Å². The van der Waals surface area contributed by atoms with Crippen molar-refractivity contribution in [3.05, 3.63) is 39.9 Å². The summed E-state index contributed by atoms with van der Waals surface area (Å²) >= 11 is 0.932. The van der Waals surface area contributed by atoms with E-state index in [0.717, 1.165) is 49.1 Å². The topological polar surface area (TPSA) is 54.5 Å². The highest BCUT2D eigenvalue weighted by atomic mass is 32.2. The smallest absolute Gasteiger partial charge is 0.413 e. The third-order valence-electron chi connectivity index (χ3n) is 4.85. The molecule has 0 aromatic carbocycles. The summed E-state index contributed by atoms with van der Waals surface area (Å²) in [6.45, 7) is 1.61. The van der Waals surface area contributed by atoms with Crippen LogP contribution in [0.15, 0.2) is 39.9 Å². The van der Waals surface area contributed by atoms with Crippen molar-refractivity contribution in [3.63, 3.8) is 0 Å². The first-order valence-electron chi connectivity index (χ1n) is 9.63. The lowest BCUT2D eigenvalue weighted by Crippen LogP contribution is -2.29. The molecule has 0 radical (unpaired) electrons. The van der Waals surface area contributed by atoms with E-state index in [4.69, 9.17) is 4.74 Å². The van der Waals surface area contributed by atoms with E-state index in [1.54, 1.807) is 12.1 Å². The molecule has 3 rings (SSSR count). The minimum Gasteiger partial charge on any atom is -0.481 e. The van der Waals surface area contributed by atoms with Crippen LogP contribution in [0, 0.1) is 0 Å². The fourth-order valence-electron chi connectivity index (χ4n) is 3.35. The zero-order chi connectivity index (χ0) is 20.9. The van der Waals surface area contributed by atoms with Crippen molar-refractivity contribution in [2.75, 3.05) is 25.5 Å². The molecule has 0 saturated carbocycles. The number of likely N-dealkylation sites (tertiary alicyclic amines) is 1. The molecule has 2 aliphatic heterocycles. The number of hydrogen-bond acceptors (Lipinski definition) is 5. The number of anilines is 1. The van der Waals surface area contributed by atoms with Crippen LogP contribution in [0.2, 0.25) is 0 Å². The van der Waals surface area contributed by atoms with Gasteiger partial charge in [0.05, 0.1) is 34.5 Å². The van der Waals surface area contributed by atoms with Gasteiger partial charge in [0.1, 0.15) is 0 Å². The first-order chi connectivity index (χ1) is 13.9. The van der Waals surface area contributed by atoms with Crippen LogP contribution >= 0.6 is 11.8 Å². The van der Waals surface area contributed by atoms with Gasteiger partial charge in [-0.15, -0.1) is 0 Å². The predicted molar refractivity (Wildman–Crippen MR) is 107 cm³/mol. The number of pyridine rings is 1. The molecule has 5 nitrogen and oxygen atoms in total. The summed E-state index contributed by atoms with van der Waals surface area (Å²) in [5, 5.41) is 3.30. The van der Waals surface area contributed by atoms with Crippen LogP contribution in [-0.2, 0) is 4.79 Å². The quantitative estimate of drug-likeness (QED) is 0.726. The molecule has 0 atom stereocenters. The number of hydrogen-bond donors (Lipinski definition) is 1. The van der Waals surface area contributed by atoms with E-state index in [-0.39, 0.29) is 11.3 Å². The number of carbonyl (C=O) groups excluding carboxylic acids is 1. The molecule has 1 amide bonds. The maximum absolute atomic E-state index is 13.8. The van der Waals surface area contributed by atoms with Gasteiger partial charge in [0.2, 0.25) is 5.88 Å². The van der Waals surface area contributed by atoms with Gasteiger partial charge in [0.15, 0.2) is 0 Å². The van der Waals surface area contributed by atoms with Crippen molar-refractivity contribution < 1.29 is 22.7 Å². The number of alkyl halides is 3. The van der Waals surface area contributed by atoms with E-state index in [9.17, 15) is 18.0 Å². The Hall–Kier alpha value is -2.16. The fourth-order valence-corrected chi connectivity index (χ4v) is 4.56. The average molecular weight is 427 g/mol. The van der Waals surface area contributed by atoms with E-state index in [0.29, 0.717) is 24.4 Å². The van der Waals surface area contributed by atoms with E-state index in [1.165, 1.54) is 13.3 Å². The van der Waals surface area contributed by atoms with Crippen molar-refractivity contribution in [1.29, 1.82) is 0 Å². The van der Waals surface area contributed by atoms with Crippen molar-refractivity contribution >= 4 is 23.4 Å². The van der Waals surface area contributed by atoms with Crippen LogP contribution in [0.25, 0.3) is 0 Å². The number of nitrogens with one attached hydrogen (secondary N) is 1. The molecule has 0 unspecified atom stereocenters. The van der Waals surface area contributed by atoms with Gasteiger partial charge in [-0.2, -0.15) is 13.2 Å². The molecule has 29 heavy (non-hydrogen) atoms. The Kier molecular flexibility index (Phi) is 7.10. The minimum absolute atomic E-state index is 0.177. The highest BCUT2D eigenvalue weighted by Crippen LogP contribution is 2.42. The van der Waals surface area contributed by atoms with Gasteiger partial charge >= 0.3 is 6.18 Å². The molecule has 1 fully saturated rings. The largest absolute Gasteiger partial charge is 0.481 e. The maximum Gasteiger partial charge on any atom is 0.413 e. The predicted octanol–water partition coefficient (Wildman–Crippen LogP) is 5.09.